The Morgan fingerprint density at radius 2 is 2.03 bits per heavy atom. The maximum atomic E-state index is 14.4. The summed E-state index contributed by atoms with van der Waals surface area (Å²) >= 11 is 3.66. The second-order valence-electron chi connectivity index (χ2n) is 9.67. The molecule has 4 rings (SSSR count). The number of fused-ring (bicyclic) bond motifs is 1. The van der Waals surface area contributed by atoms with Crippen molar-refractivity contribution < 1.29 is 33.7 Å². The largest absolute Gasteiger partial charge is 0.497 e. The number of methoxy groups -OCH3 is 1. The molecule has 3 aliphatic rings. The first-order chi connectivity index (χ1) is 17.8. The zero-order valence-corrected chi connectivity index (χ0v) is 22.9. The van der Waals surface area contributed by atoms with Gasteiger partial charge in [0.2, 0.25) is 5.91 Å². The van der Waals surface area contributed by atoms with Crippen LogP contribution in [0, 0.1) is 11.8 Å². The van der Waals surface area contributed by atoms with Gasteiger partial charge in [0.25, 0.3) is 5.91 Å². The van der Waals surface area contributed by atoms with Gasteiger partial charge in [-0.05, 0) is 56.9 Å². The molecule has 9 nitrogen and oxygen atoms in total. The smallest absolute Gasteiger partial charge is 0.312 e. The summed E-state index contributed by atoms with van der Waals surface area (Å²) in [6.07, 6.45) is 3.46. The van der Waals surface area contributed by atoms with Gasteiger partial charge in [0, 0.05) is 30.2 Å². The SMILES string of the molecule is C=CCN(C(=O)C1N(CCCCCO)C(=O)[C@@H]2[C@H](C(=O)OCC)[C@H]3OC12CC3Br)c1ccc(OC)cc1. The first-order valence-electron chi connectivity index (χ1n) is 12.8. The van der Waals surface area contributed by atoms with Gasteiger partial charge in [0.1, 0.15) is 17.4 Å². The highest BCUT2D eigenvalue weighted by Crippen LogP contribution is 2.60. The molecule has 3 fully saturated rings. The predicted octanol–water partition coefficient (Wildman–Crippen LogP) is 2.69. The first-order valence-corrected chi connectivity index (χ1v) is 13.7. The summed E-state index contributed by atoms with van der Waals surface area (Å²) in [5, 5.41) is 9.20. The van der Waals surface area contributed by atoms with Crippen LogP contribution >= 0.6 is 15.9 Å². The normalized spacial score (nSPS) is 29.8. The second-order valence-corrected chi connectivity index (χ2v) is 10.8. The highest BCUT2D eigenvalue weighted by molar-refractivity contribution is 9.09. The number of likely N-dealkylation sites (tertiary alicyclic amines) is 1. The number of aliphatic hydroxyl groups excluding tert-OH is 1. The minimum absolute atomic E-state index is 0.0639. The van der Waals surface area contributed by atoms with Crippen LogP contribution in [0.5, 0.6) is 5.75 Å². The fraction of sp³-hybridized carbons (Fsp3) is 0.593. The van der Waals surface area contributed by atoms with Gasteiger partial charge in [0.05, 0.1) is 31.7 Å². The number of aliphatic hydroxyl groups is 1. The number of nitrogens with zero attached hydrogens (tertiary/aromatic N) is 2. The number of carbonyl (C=O) groups is 3. The van der Waals surface area contributed by atoms with Crippen molar-refractivity contribution in [2.24, 2.45) is 11.8 Å². The average molecular weight is 579 g/mol. The van der Waals surface area contributed by atoms with E-state index in [0.717, 1.165) is 0 Å². The molecular weight excluding hydrogens is 544 g/mol. The number of rotatable bonds is 12. The lowest BCUT2D eigenvalue weighted by atomic mass is 9.70. The van der Waals surface area contributed by atoms with E-state index >= 15 is 0 Å². The van der Waals surface area contributed by atoms with E-state index in [1.165, 1.54) is 0 Å². The van der Waals surface area contributed by atoms with Crippen LogP contribution in [0.25, 0.3) is 0 Å². The van der Waals surface area contributed by atoms with E-state index in [2.05, 4.69) is 22.5 Å². The fourth-order valence-corrected chi connectivity index (χ4v) is 7.03. The zero-order chi connectivity index (χ0) is 26.7. The number of amides is 2. The number of halogens is 1. The molecule has 0 aromatic heterocycles. The molecule has 37 heavy (non-hydrogen) atoms. The third-order valence-electron chi connectivity index (χ3n) is 7.60. The van der Waals surface area contributed by atoms with Crippen molar-refractivity contribution in [3.05, 3.63) is 36.9 Å². The summed E-state index contributed by atoms with van der Waals surface area (Å²) in [4.78, 5) is 44.3. The van der Waals surface area contributed by atoms with E-state index in [-0.39, 0.29) is 36.4 Å². The molecule has 1 N–H and O–H groups in total. The van der Waals surface area contributed by atoms with Crippen molar-refractivity contribution in [3.63, 3.8) is 0 Å². The van der Waals surface area contributed by atoms with Crippen LogP contribution in [0.4, 0.5) is 5.69 Å². The molecule has 1 aromatic carbocycles. The van der Waals surface area contributed by atoms with Gasteiger partial charge in [0.15, 0.2) is 0 Å². The van der Waals surface area contributed by atoms with Gasteiger partial charge in [-0.15, -0.1) is 6.58 Å². The molecular formula is C27H35BrN2O7. The minimum Gasteiger partial charge on any atom is -0.497 e. The van der Waals surface area contributed by atoms with Crippen LogP contribution in [0.3, 0.4) is 0 Å². The first kappa shape index (κ1) is 27.6. The maximum Gasteiger partial charge on any atom is 0.312 e. The molecule has 0 saturated carbocycles. The van der Waals surface area contributed by atoms with Gasteiger partial charge in [-0.25, -0.2) is 0 Å². The minimum atomic E-state index is -1.15. The summed E-state index contributed by atoms with van der Waals surface area (Å²) in [7, 11) is 1.57. The molecule has 10 heteroatoms. The molecule has 1 aromatic rings. The number of esters is 1. The number of carbonyl (C=O) groups excluding carboxylic acids is 3. The lowest BCUT2D eigenvalue weighted by Crippen LogP contribution is -2.57. The van der Waals surface area contributed by atoms with Gasteiger partial charge < -0.3 is 29.1 Å². The summed E-state index contributed by atoms with van der Waals surface area (Å²) in [5.41, 5.74) is -0.504. The Bertz CT molecular complexity index is 1020. The molecule has 3 unspecified atom stereocenters. The Morgan fingerprint density at radius 3 is 2.65 bits per heavy atom. The van der Waals surface area contributed by atoms with Crippen LogP contribution in [0.2, 0.25) is 0 Å². The zero-order valence-electron chi connectivity index (χ0n) is 21.3. The van der Waals surface area contributed by atoms with Gasteiger partial charge in [-0.1, -0.05) is 22.0 Å². The molecule has 202 valence electrons. The Balaban J connectivity index is 1.74. The summed E-state index contributed by atoms with van der Waals surface area (Å²) in [6.45, 7) is 6.38. The van der Waals surface area contributed by atoms with E-state index < -0.39 is 35.6 Å². The van der Waals surface area contributed by atoms with Crippen molar-refractivity contribution in [3.8, 4) is 5.75 Å². The van der Waals surface area contributed by atoms with Gasteiger partial charge in [-0.3, -0.25) is 14.4 Å². The summed E-state index contributed by atoms with van der Waals surface area (Å²) in [6, 6.07) is 6.22. The number of hydrogen-bond acceptors (Lipinski definition) is 7. The molecule has 2 bridgehead atoms. The second kappa shape index (κ2) is 11.5. The number of unbranched alkanes of at least 4 members (excludes halogenated alkanes) is 2. The molecule has 2 amide bonds. The fourth-order valence-electron chi connectivity index (χ4n) is 6.09. The van der Waals surface area contributed by atoms with E-state index in [4.69, 9.17) is 14.2 Å². The third-order valence-corrected chi connectivity index (χ3v) is 8.45. The van der Waals surface area contributed by atoms with E-state index in [0.29, 0.717) is 43.7 Å². The van der Waals surface area contributed by atoms with Crippen molar-refractivity contribution in [1.29, 1.82) is 0 Å². The molecule has 0 radical (unpaired) electrons. The standard InChI is InChI=1S/C27H35BrN2O7/c1-4-13-29(17-9-11-18(35-3)12-10-17)25(33)23-27-16-19(28)22(37-27)20(26(34)36-5-2)21(27)24(32)30(23)14-7-6-8-15-31/h4,9-12,19-23,31H,1,5-8,13-16H2,2-3H3/t19?,20-,21-,22-,23?,27?/m0/s1. The van der Waals surface area contributed by atoms with Crippen LogP contribution in [0.15, 0.2) is 36.9 Å². The van der Waals surface area contributed by atoms with Crippen LogP contribution in [-0.2, 0) is 23.9 Å². The lowest BCUT2D eigenvalue weighted by molar-refractivity contribution is -0.154. The quantitative estimate of drug-likeness (QED) is 0.176. The van der Waals surface area contributed by atoms with Crippen LogP contribution in [-0.4, -0.2) is 83.8 Å². The van der Waals surface area contributed by atoms with Gasteiger partial charge >= 0.3 is 5.97 Å². The topological polar surface area (TPSA) is 106 Å². The molecule has 3 saturated heterocycles. The molecule has 6 atom stereocenters. The van der Waals surface area contributed by atoms with Crippen LogP contribution in [0.1, 0.15) is 32.6 Å². The Kier molecular flexibility index (Phi) is 8.60. The summed E-state index contributed by atoms with van der Waals surface area (Å²) < 4.78 is 17.1. The molecule has 3 aliphatic heterocycles. The third kappa shape index (κ3) is 4.79. The Labute approximate surface area is 225 Å². The van der Waals surface area contributed by atoms with Crippen molar-refractivity contribution in [2.75, 3.05) is 38.3 Å². The van der Waals surface area contributed by atoms with Crippen LogP contribution < -0.4 is 9.64 Å². The monoisotopic (exact) mass is 578 g/mol. The number of ether oxygens (including phenoxy) is 3. The molecule has 3 heterocycles. The highest BCUT2D eigenvalue weighted by Gasteiger charge is 2.77. The number of alkyl halides is 1. The molecule has 0 aliphatic carbocycles. The van der Waals surface area contributed by atoms with Crippen molar-refractivity contribution in [1.82, 2.24) is 4.90 Å². The Hall–Kier alpha value is -2.43. The summed E-state index contributed by atoms with van der Waals surface area (Å²) in [5.74, 6) is -1.92. The average Bonchev–Trinajstić information content (AvgIpc) is 3.48. The highest BCUT2D eigenvalue weighted by atomic mass is 79.9. The van der Waals surface area contributed by atoms with Crippen molar-refractivity contribution >= 4 is 39.4 Å². The Morgan fingerprint density at radius 1 is 1.30 bits per heavy atom. The van der Waals surface area contributed by atoms with Crippen molar-refractivity contribution in [2.45, 2.75) is 55.2 Å². The molecule has 1 spiro atoms. The number of benzene rings is 1. The number of anilines is 1. The van der Waals surface area contributed by atoms with Gasteiger partial charge in [-0.2, -0.15) is 0 Å². The lowest BCUT2D eigenvalue weighted by Gasteiger charge is -2.37. The van der Waals surface area contributed by atoms with E-state index in [1.807, 2.05) is 0 Å². The maximum absolute atomic E-state index is 14.4. The number of hydrogen-bond donors (Lipinski definition) is 1. The van der Waals surface area contributed by atoms with E-state index in [9.17, 15) is 19.5 Å². The van der Waals surface area contributed by atoms with E-state index in [1.54, 1.807) is 54.2 Å². The predicted molar refractivity (Wildman–Crippen MR) is 141 cm³/mol.